The van der Waals surface area contributed by atoms with Crippen molar-refractivity contribution in [1.29, 1.82) is 0 Å². The lowest BCUT2D eigenvalue weighted by atomic mass is 9.92. The number of nitrogens with one attached hydrogen (secondary N) is 3. The van der Waals surface area contributed by atoms with E-state index in [9.17, 15) is 19.2 Å². The topological polar surface area (TPSA) is 123 Å². The number of esters is 1. The second-order valence-corrected chi connectivity index (χ2v) is 8.84. The number of ether oxygens (including phenoxy) is 2. The molecule has 3 N–H and O–H groups in total. The number of benzene rings is 2. The first-order valence-electron chi connectivity index (χ1n) is 11.5. The highest BCUT2D eigenvalue weighted by Gasteiger charge is 2.36. The fourth-order valence-corrected chi connectivity index (χ4v) is 3.98. The molecule has 0 aliphatic carbocycles. The number of amides is 3. The number of rotatable bonds is 10. The van der Waals surface area contributed by atoms with Crippen molar-refractivity contribution < 1.29 is 28.7 Å². The Balaban J connectivity index is 1.76. The third-order valence-corrected chi connectivity index (χ3v) is 5.71. The van der Waals surface area contributed by atoms with Crippen LogP contribution in [-0.2, 0) is 30.5 Å². The van der Waals surface area contributed by atoms with Crippen LogP contribution in [0, 0.1) is 5.92 Å². The molecular formula is C26H31N3O6. The predicted molar refractivity (Wildman–Crippen MR) is 129 cm³/mol. The van der Waals surface area contributed by atoms with E-state index in [1.54, 1.807) is 24.3 Å². The summed E-state index contributed by atoms with van der Waals surface area (Å²) in [6, 6.07) is 14.3. The molecule has 2 aromatic carbocycles. The number of hydrogen-bond acceptors (Lipinski definition) is 6. The first-order chi connectivity index (χ1) is 16.8. The van der Waals surface area contributed by atoms with E-state index in [1.807, 2.05) is 44.2 Å². The number of hydrogen-bond donors (Lipinski definition) is 3. The van der Waals surface area contributed by atoms with E-state index in [0.717, 1.165) is 11.1 Å². The maximum absolute atomic E-state index is 13.3. The molecule has 0 radical (unpaired) electrons. The summed E-state index contributed by atoms with van der Waals surface area (Å²) in [5.41, 5.74) is 2.19. The molecule has 3 amide bonds. The van der Waals surface area contributed by atoms with E-state index in [-0.39, 0.29) is 24.9 Å². The third-order valence-electron chi connectivity index (χ3n) is 5.71. The Hall–Kier alpha value is -3.88. The fraction of sp³-hybridized carbons (Fsp3) is 0.385. The third kappa shape index (κ3) is 7.05. The normalized spacial score (nSPS) is 16.0. The van der Waals surface area contributed by atoms with Crippen LogP contribution in [0.4, 0.5) is 10.5 Å². The summed E-state index contributed by atoms with van der Waals surface area (Å²) < 4.78 is 10.1. The van der Waals surface area contributed by atoms with Gasteiger partial charge in [-0.3, -0.25) is 9.59 Å². The number of carbonyl (C=O) groups excluding carboxylic acids is 4. The lowest BCUT2D eigenvalue weighted by molar-refractivity contribution is -0.145. The molecular weight excluding hydrogens is 450 g/mol. The molecule has 1 heterocycles. The molecule has 0 spiro atoms. The van der Waals surface area contributed by atoms with E-state index in [1.165, 1.54) is 7.11 Å². The molecule has 0 saturated carbocycles. The summed E-state index contributed by atoms with van der Waals surface area (Å²) >= 11 is 0. The van der Waals surface area contributed by atoms with Gasteiger partial charge < -0.3 is 25.4 Å². The van der Waals surface area contributed by atoms with Crippen LogP contribution in [0.3, 0.4) is 0 Å². The number of fused-ring (bicyclic) bond motifs is 1. The van der Waals surface area contributed by atoms with E-state index < -0.39 is 36.0 Å². The Labute approximate surface area is 204 Å². The molecule has 35 heavy (non-hydrogen) atoms. The maximum Gasteiger partial charge on any atom is 0.408 e. The van der Waals surface area contributed by atoms with Gasteiger partial charge >= 0.3 is 12.1 Å². The number of methoxy groups -OCH3 is 1. The molecule has 0 fully saturated rings. The summed E-state index contributed by atoms with van der Waals surface area (Å²) in [5, 5.41) is 8.05. The summed E-state index contributed by atoms with van der Waals surface area (Å²) in [6.45, 7) is 3.85. The second kappa shape index (κ2) is 12.0. The first-order valence-corrected chi connectivity index (χ1v) is 11.5. The van der Waals surface area contributed by atoms with E-state index in [0.29, 0.717) is 12.1 Å². The van der Waals surface area contributed by atoms with Gasteiger partial charge in [-0.2, -0.15) is 0 Å². The zero-order chi connectivity index (χ0) is 25.4. The van der Waals surface area contributed by atoms with Gasteiger partial charge in [0.25, 0.3) is 0 Å². The van der Waals surface area contributed by atoms with E-state index in [2.05, 4.69) is 16.0 Å². The van der Waals surface area contributed by atoms with Crippen molar-refractivity contribution in [2.24, 2.45) is 5.92 Å². The fourth-order valence-electron chi connectivity index (χ4n) is 3.98. The molecule has 0 bridgehead atoms. The molecule has 2 aromatic rings. The summed E-state index contributed by atoms with van der Waals surface area (Å²) in [7, 11) is 1.25. The lowest BCUT2D eigenvalue weighted by Gasteiger charge is -2.24. The zero-order valence-corrected chi connectivity index (χ0v) is 20.1. The maximum atomic E-state index is 13.3. The molecule has 1 aliphatic heterocycles. The summed E-state index contributed by atoms with van der Waals surface area (Å²) in [6.07, 6.45) is -0.458. The minimum atomic E-state index is -1.13. The Morgan fingerprint density at radius 1 is 0.971 bits per heavy atom. The van der Waals surface area contributed by atoms with Gasteiger partial charge in [0.2, 0.25) is 11.8 Å². The predicted octanol–water partition coefficient (Wildman–Crippen LogP) is 3.11. The minimum absolute atomic E-state index is 0.00924. The van der Waals surface area contributed by atoms with Crippen molar-refractivity contribution in [1.82, 2.24) is 10.6 Å². The van der Waals surface area contributed by atoms with Gasteiger partial charge in [0.05, 0.1) is 13.0 Å². The molecule has 9 heteroatoms. The SMILES string of the molecule is COC(=O)[C@H](CC(C)C)NC(=O)[C@H](CC1C(=O)Nc2ccccc21)NC(=O)OCc1ccccc1. The Kier molecular flexibility index (Phi) is 8.83. The largest absolute Gasteiger partial charge is 0.467 e. The van der Waals surface area contributed by atoms with Crippen LogP contribution in [0.5, 0.6) is 0 Å². The quantitative estimate of drug-likeness (QED) is 0.448. The standard InChI is InChI=1S/C26H31N3O6/c1-16(2)13-22(25(32)34-3)28-24(31)21(29-26(33)35-15-17-9-5-4-6-10-17)14-19-18-11-7-8-12-20(18)27-23(19)30/h4-12,16,19,21-22H,13-15H2,1-3H3,(H,27,30)(H,28,31)(H,29,33)/t19?,21-,22-/m0/s1. The molecule has 186 valence electrons. The van der Waals surface area contributed by atoms with Crippen LogP contribution < -0.4 is 16.0 Å². The number of carbonyl (C=O) groups is 4. The van der Waals surface area contributed by atoms with Crippen molar-refractivity contribution >= 4 is 29.6 Å². The van der Waals surface area contributed by atoms with Crippen LogP contribution in [0.1, 0.15) is 43.7 Å². The van der Waals surface area contributed by atoms with Crippen LogP contribution >= 0.6 is 0 Å². The average Bonchev–Trinajstić information content (AvgIpc) is 3.16. The van der Waals surface area contributed by atoms with Gasteiger partial charge in [0, 0.05) is 5.69 Å². The Morgan fingerprint density at radius 3 is 2.34 bits per heavy atom. The van der Waals surface area contributed by atoms with Crippen LogP contribution in [-0.4, -0.2) is 43.1 Å². The number of anilines is 1. The van der Waals surface area contributed by atoms with Crippen molar-refractivity contribution in [3.63, 3.8) is 0 Å². The summed E-state index contributed by atoms with van der Waals surface area (Å²) in [4.78, 5) is 50.7. The minimum Gasteiger partial charge on any atom is -0.467 e. The average molecular weight is 482 g/mol. The van der Waals surface area contributed by atoms with Crippen molar-refractivity contribution in [3.05, 3.63) is 65.7 Å². The van der Waals surface area contributed by atoms with Crippen LogP contribution in [0.15, 0.2) is 54.6 Å². The lowest BCUT2D eigenvalue weighted by Crippen LogP contribution is -2.52. The monoisotopic (exact) mass is 481 g/mol. The molecule has 9 nitrogen and oxygen atoms in total. The number of para-hydroxylation sites is 1. The van der Waals surface area contributed by atoms with Gasteiger partial charge in [-0.1, -0.05) is 62.4 Å². The molecule has 3 rings (SSSR count). The van der Waals surface area contributed by atoms with Crippen LogP contribution in [0.25, 0.3) is 0 Å². The van der Waals surface area contributed by atoms with Crippen molar-refractivity contribution in [2.45, 2.75) is 51.3 Å². The van der Waals surface area contributed by atoms with Crippen molar-refractivity contribution in [2.75, 3.05) is 12.4 Å². The Bertz CT molecular complexity index is 1060. The molecule has 0 aromatic heterocycles. The second-order valence-electron chi connectivity index (χ2n) is 8.84. The molecule has 0 saturated heterocycles. The highest BCUT2D eigenvalue weighted by Crippen LogP contribution is 2.35. The molecule has 1 unspecified atom stereocenters. The van der Waals surface area contributed by atoms with E-state index >= 15 is 0 Å². The first kappa shape index (κ1) is 25.7. The smallest absolute Gasteiger partial charge is 0.408 e. The van der Waals surface area contributed by atoms with E-state index in [4.69, 9.17) is 9.47 Å². The zero-order valence-electron chi connectivity index (χ0n) is 20.1. The van der Waals surface area contributed by atoms with Gasteiger partial charge in [-0.05, 0) is 36.0 Å². The van der Waals surface area contributed by atoms with Gasteiger partial charge in [0.1, 0.15) is 18.7 Å². The molecule has 3 atom stereocenters. The summed E-state index contributed by atoms with van der Waals surface area (Å²) in [5.74, 6) is -2.00. The Morgan fingerprint density at radius 2 is 1.66 bits per heavy atom. The van der Waals surface area contributed by atoms with Gasteiger partial charge in [0.15, 0.2) is 0 Å². The van der Waals surface area contributed by atoms with Crippen LogP contribution in [0.2, 0.25) is 0 Å². The number of alkyl carbamates (subject to hydrolysis) is 1. The molecule has 1 aliphatic rings. The van der Waals surface area contributed by atoms with Gasteiger partial charge in [-0.15, -0.1) is 0 Å². The van der Waals surface area contributed by atoms with Crippen molar-refractivity contribution in [3.8, 4) is 0 Å². The highest BCUT2D eigenvalue weighted by atomic mass is 16.5. The van der Waals surface area contributed by atoms with Gasteiger partial charge in [-0.25, -0.2) is 9.59 Å². The highest BCUT2D eigenvalue weighted by molar-refractivity contribution is 6.03.